The average molecular weight is 424 g/mol. The molecule has 2 unspecified atom stereocenters. The fourth-order valence-electron chi connectivity index (χ4n) is 3.23. The molecular weight excluding hydrogens is 400 g/mol. The van der Waals surface area contributed by atoms with Gasteiger partial charge < -0.3 is 14.8 Å². The van der Waals surface area contributed by atoms with Gasteiger partial charge in [0, 0.05) is 6.04 Å². The number of hydrogen-bond donors (Lipinski definition) is 1. The van der Waals surface area contributed by atoms with E-state index in [0.717, 1.165) is 0 Å². The van der Waals surface area contributed by atoms with E-state index in [1.54, 1.807) is 31.2 Å². The number of fused-ring (bicyclic) bond motifs is 1. The van der Waals surface area contributed by atoms with E-state index in [2.05, 4.69) is 5.32 Å². The van der Waals surface area contributed by atoms with Crippen molar-refractivity contribution in [1.82, 2.24) is 4.90 Å². The minimum atomic E-state index is -1.10. The van der Waals surface area contributed by atoms with E-state index in [-0.39, 0.29) is 28.6 Å². The molecule has 1 aliphatic rings. The van der Waals surface area contributed by atoms with Gasteiger partial charge in [-0.3, -0.25) is 19.3 Å². The first-order valence-corrected chi connectivity index (χ1v) is 9.95. The number of anilines is 1. The number of hydrogen-bond acceptors (Lipinski definition) is 6. The second-order valence-electron chi connectivity index (χ2n) is 7.24. The van der Waals surface area contributed by atoms with Gasteiger partial charge in [0.2, 0.25) is 0 Å². The zero-order valence-corrected chi connectivity index (χ0v) is 17.8. The van der Waals surface area contributed by atoms with Gasteiger partial charge in [0.25, 0.3) is 17.7 Å². The van der Waals surface area contributed by atoms with Gasteiger partial charge in [-0.1, -0.05) is 19.1 Å². The predicted octanol–water partition coefficient (Wildman–Crippen LogP) is 3.27. The first-order valence-electron chi connectivity index (χ1n) is 9.95. The molecule has 0 radical (unpaired) electrons. The predicted molar refractivity (Wildman–Crippen MR) is 113 cm³/mol. The van der Waals surface area contributed by atoms with E-state index in [1.807, 2.05) is 6.92 Å². The van der Waals surface area contributed by atoms with Crippen molar-refractivity contribution < 1.29 is 28.7 Å². The molecule has 1 aliphatic heterocycles. The van der Waals surface area contributed by atoms with Crippen LogP contribution in [-0.4, -0.2) is 47.8 Å². The lowest BCUT2D eigenvalue weighted by molar-refractivity contribution is -0.123. The summed E-state index contributed by atoms with van der Waals surface area (Å²) in [5.41, 5.74) is 0.946. The summed E-state index contributed by atoms with van der Waals surface area (Å²) in [4.78, 5) is 51.3. The molecule has 0 bridgehead atoms. The third kappa shape index (κ3) is 4.28. The Balaban J connectivity index is 1.72. The van der Waals surface area contributed by atoms with Crippen molar-refractivity contribution in [3.63, 3.8) is 0 Å². The van der Waals surface area contributed by atoms with Crippen molar-refractivity contribution in [3.8, 4) is 5.75 Å². The number of ether oxygens (including phenoxy) is 2. The standard InChI is InChI=1S/C23H24N2O6/c1-5-13(2)25-21(27)16-11-10-15(12-17(16)22(25)28)23(29)31-14(3)20(26)24-18-8-6-7-9-19(18)30-4/h6-14H,5H2,1-4H3,(H,24,26). The van der Waals surface area contributed by atoms with E-state index in [1.165, 1.54) is 37.1 Å². The molecule has 3 rings (SSSR count). The van der Waals surface area contributed by atoms with Crippen LogP contribution < -0.4 is 10.1 Å². The Hall–Kier alpha value is -3.68. The van der Waals surface area contributed by atoms with Gasteiger partial charge in [0.15, 0.2) is 6.10 Å². The highest BCUT2D eigenvalue weighted by molar-refractivity contribution is 6.22. The highest BCUT2D eigenvalue weighted by Crippen LogP contribution is 2.27. The van der Waals surface area contributed by atoms with Gasteiger partial charge in [-0.05, 0) is 50.6 Å². The maximum atomic E-state index is 12.7. The molecule has 0 saturated carbocycles. The molecule has 1 N–H and O–H groups in total. The lowest BCUT2D eigenvalue weighted by Crippen LogP contribution is -2.37. The SMILES string of the molecule is CCC(C)N1C(=O)c2ccc(C(=O)OC(C)C(=O)Nc3ccccc3OC)cc2C1=O. The number of nitrogens with zero attached hydrogens (tertiary/aromatic N) is 1. The normalized spacial score (nSPS) is 14.6. The number of carbonyl (C=O) groups is 4. The molecule has 31 heavy (non-hydrogen) atoms. The summed E-state index contributed by atoms with van der Waals surface area (Å²) in [7, 11) is 1.48. The summed E-state index contributed by atoms with van der Waals surface area (Å²) in [6, 6.07) is 10.8. The summed E-state index contributed by atoms with van der Waals surface area (Å²) in [5, 5.41) is 2.65. The molecule has 2 aromatic rings. The zero-order chi connectivity index (χ0) is 22.7. The van der Waals surface area contributed by atoms with Gasteiger partial charge in [0.05, 0.1) is 29.5 Å². The van der Waals surface area contributed by atoms with E-state index >= 15 is 0 Å². The lowest BCUT2D eigenvalue weighted by Gasteiger charge is -2.20. The average Bonchev–Trinajstić information content (AvgIpc) is 3.03. The van der Waals surface area contributed by atoms with Crippen molar-refractivity contribution >= 4 is 29.4 Å². The molecule has 8 heteroatoms. The maximum absolute atomic E-state index is 12.7. The number of imide groups is 1. The molecule has 3 amide bonds. The third-order valence-electron chi connectivity index (χ3n) is 5.20. The van der Waals surface area contributed by atoms with E-state index < -0.39 is 23.9 Å². The highest BCUT2D eigenvalue weighted by Gasteiger charge is 2.38. The Morgan fingerprint density at radius 1 is 1.03 bits per heavy atom. The van der Waals surface area contributed by atoms with Crippen LogP contribution in [0.3, 0.4) is 0 Å². The van der Waals surface area contributed by atoms with Crippen LogP contribution in [0.2, 0.25) is 0 Å². The molecule has 0 aromatic heterocycles. The second kappa shape index (κ2) is 8.99. The molecule has 8 nitrogen and oxygen atoms in total. The van der Waals surface area contributed by atoms with Crippen molar-refractivity contribution in [2.75, 3.05) is 12.4 Å². The lowest BCUT2D eigenvalue weighted by atomic mass is 10.1. The maximum Gasteiger partial charge on any atom is 0.338 e. The van der Waals surface area contributed by atoms with Crippen LogP contribution in [0.15, 0.2) is 42.5 Å². The van der Waals surface area contributed by atoms with Crippen LogP contribution in [0.5, 0.6) is 5.75 Å². The van der Waals surface area contributed by atoms with Crippen molar-refractivity contribution in [1.29, 1.82) is 0 Å². The quantitative estimate of drug-likeness (QED) is 0.541. The first-order chi connectivity index (χ1) is 14.8. The number of carbonyl (C=O) groups excluding carboxylic acids is 4. The Labute approximate surface area is 180 Å². The molecule has 0 spiro atoms. The molecule has 2 atom stereocenters. The fourth-order valence-corrected chi connectivity index (χ4v) is 3.23. The summed E-state index contributed by atoms with van der Waals surface area (Å²) < 4.78 is 10.4. The van der Waals surface area contributed by atoms with Gasteiger partial charge >= 0.3 is 5.97 Å². The number of nitrogens with one attached hydrogen (secondary N) is 1. The summed E-state index contributed by atoms with van der Waals surface area (Å²) in [6.45, 7) is 5.11. The van der Waals surface area contributed by atoms with Crippen LogP contribution >= 0.6 is 0 Å². The van der Waals surface area contributed by atoms with Crippen LogP contribution in [-0.2, 0) is 9.53 Å². The summed E-state index contributed by atoms with van der Waals surface area (Å²) >= 11 is 0. The Kier molecular flexibility index (Phi) is 6.39. The van der Waals surface area contributed by atoms with Gasteiger partial charge in [-0.2, -0.15) is 0 Å². The van der Waals surface area contributed by atoms with Crippen LogP contribution in [0, 0.1) is 0 Å². The number of esters is 1. The molecule has 0 saturated heterocycles. The van der Waals surface area contributed by atoms with Gasteiger partial charge in [0.1, 0.15) is 5.75 Å². The molecule has 162 valence electrons. The van der Waals surface area contributed by atoms with Crippen LogP contribution in [0.1, 0.15) is 58.3 Å². The summed E-state index contributed by atoms with van der Waals surface area (Å²) in [5.74, 6) is -1.65. The third-order valence-corrected chi connectivity index (χ3v) is 5.20. The first kappa shape index (κ1) is 22.0. The number of benzene rings is 2. The van der Waals surface area contributed by atoms with Crippen molar-refractivity contribution in [3.05, 3.63) is 59.2 Å². The summed E-state index contributed by atoms with van der Waals surface area (Å²) in [6.07, 6.45) is -0.473. The van der Waals surface area contributed by atoms with Gasteiger partial charge in [-0.15, -0.1) is 0 Å². The minimum Gasteiger partial charge on any atom is -0.495 e. The van der Waals surface area contributed by atoms with Crippen molar-refractivity contribution in [2.24, 2.45) is 0 Å². The zero-order valence-electron chi connectivity index (χ0n) is 17.8. The topological polar surface area (TPSA) is 102 Å². The Bertz CT molecular complexity index is 1050. The number of amides is 3. The van der Waals surface area contributed by atoms with Crippen LogP contribution in [0.4, 0.5) is 5.69 Å². The largest absolute Gasteiger partial charge is 0.495 e. The van der Waals surface area contributed by atoms with E-state index in [4.69, 9.17) is 9.47 Å². The molecule has 2 aromatic carbocycles. The minimum absolute atomic E-state index is 0.0860. The molecule has 1 heterocycles. The number of rotatable bonds is 7. The van der Waals surface area contributed by atoms with E-state index in [0.29, 0.717) is 17.9 Å². The van der Waals surface area contributed by atoms with Gasteiger partial charge in [-0.25, -0.2) is 4.79 Å². The highest BCUT2D eigenvalue weighted by atomic mass is 16.5. The molecular formula is C23H24N2O6. The molecule has 0 fully saturated rings. The van der Waals surface area contributed by atoms with Crippen LogP contribution in [0.25, 0.3) is 0 Å². The smallest absolute Gasteiger partial charge is 0.338 e. The van der Waals surface area contributed by atoms with E-state index in [9.17, 15) is 19.2 Å². The monoisotopic (exact) mass is 424 g/mol. The van der Waals surface area contributed by atoms with Crippen molar-refractivity contribution in [2.45, 2.75) is 39.3 Å². The fraction of sp³-hybridized carbons (Fsp3) is 0.304. The molecule has 0 aliphatic carbocycles. The second-order valence-corrected chi connectivity index (χ2v) is 7.24. The number of para-hydroxylation sites is 2. The number of methoxy groups -OCH3 is 1. The Morgan fingerprint density at radius 3 is 2.39 bits per heavy atom. The Morgan fingerprint density at radius 2 is 1.71 bits per heavy atom.